The SMILES string of the molecule is CC(C)CNCCCCN1CCO[C@@H](CN(C)C(=O)C(C)C)C1. The first-order chi connectivity index (χ1) is 10.9. The molecular formula is C18H37N3O2. The summed E-state index contributed by atoms with van der Waals surface area (Å²) in [6.45, 7) is 15.1. The molecule has 1 saturated heterocycles. The molecule has 1 rings (SSSR count). The van der Waals surface area contributed by atoms with Gasteiger partial charge in [-0.3, -0.25) is 9.69 Å². The highest BCUT2D eigenvalue weighted by Crippen LogP contribution is 2.09. The zero-order chi connectivity index (χ0) is 17.2. The van der Waals surface area contributed by atoms with Gasteiger partial charge in [-0.2, -0.15) is 0 Å². The lowest BCUT2D eigenvalue weighted by atomic mass is 10.1. The summed E-state index contributed by atoms with van der Waals surface area (Å²) in [5.74, 6) is 0.973. The van der Waals surface area contributed by atoms with Crippen LogP contribution in [0, 0.1) is 11.8 Å². The van der Waals surface area contributed by atoms with E-state index in [4.69, 9.17) is 4.74 Å². The number of nitrogens with zero attached hydrogens (tertiary/aromatic N) is 2. The molecule has 0 bridgehead atoms. The quantitative estimate of drug-likeness (QED) is 0.622. The summed E-state index contributed by atoms with van der Waals surface area (Å²) in [6, 6.07) is 0. The minimum Gasteiger partial charge on any atom is -0.374 e. The number of amides is 1. The molecule has 1 aliphatic heterocycles. The lowest BCUT2D eigenvalue weighted by molar-refractivity contribution is -0.136. The fourth-order valence-electron chi connectivity index (χ4n) is 2.91. The molecule has 0 aromatic heterocycles. The van der Waals surface area contributed by atoms with E-state index in [1.54, 1.807) is 0 Å². The van der Waals surface area contributed by atoms with Crippen LogP contribution in [-0.4, -0.2) is 74.7 Å². The average Bonchev–Trinajstić information content (AvgIpc) is 2.49. The maximum absolute atomic E-state index is 12.0. The van der Waals surface area contributed by atoms with Crippen molar-refractivity contribution in [1.82, 2.24) is 15.1 Å². The van der Waals surface area contributed by atoms with Crippen LogP contribution in [0.5, 0.6) is 0 Å². The summed E-state index contributed by atoms with van der Waals surface area (Å²) >= 11 is 0. The summed E-state index contributed by atoms with van der Waals surface area (Å²) in [7, 11) is 1.88. The molecular weight excluding hydrogens is 290 g/mol. The second kappa shape index (κ2) is 11.0. The predicted octanol–water partition coefficient (Wildman–Crippen LogP) is 1.83. The molecule has 0 unspecified atom stereocenters. The molecule has 5 nitrogen and oxygen atoms in total. The van der Waals surface area contributed by atoms with Crippen molar-refractivity contribution in [3.63, 3.8) is 0 Å². The Balaban J connectivity index is 2.18. The fourth-order valence-corrected chi connectivity index (χ4v) is 2.91. The minimum atomic E-state index is 0.0537. The van der Waals surface area contributed by atoms with Gasteiger partial charge in [0.05, 0.1) is 12.7 Å². The molecule has 1 amide bonds. The Hall–Kier alpha value is -0.650. The van der Waals surface area contributed by atoms with E-state index < -0.39 is 0 Å². The van der Waals surface area contributed by atoms with Gasteiger partial charge in [-0.25, -0.2) is 0 Å². The lowest BCUT2D eigenvalue weighted by Gasteiger charge is -2.35. The standard InChI is InChI=1S/C18H37N3O2/c1-15(2)12-19-8-6-7-9-21-10-11-23-17(14-21)13-20(5)18(22)16(3)4/h15-17,19H,6-14H2,1-5H3/t17-/m0/s1. The van der Waals surface area contributed by atoms with Gasteiger partial charge in [0.2, 0.25) is 5.91 Å². The van der Waals surface area contributed by atoms with E-state index in [2.05, 4.69) is 24.1 Å². The second-order valence-corrected chi connectivity index (χ2v) is 7.47. The largest absolute Gasteiger partial charge is 0.374 e. The Morgan fingerprint density at radius 3 is 2.70 bits per heavy atom. The summed E-state index contributed by atoms with van der Waals surface area (Å²) in [6.07, 6.45) is 2.59. The number of carbonyl (C=O) groups excluding carboxylic acids is 1. The molecule has 1 N–H and O–H groups in total. The number of nitrogens with one attached hydrogen (secondary N) is 1. The van der Waals surface area contributed by atoms with Gasteiger partial charge in [0, 0.05) is 32.6 Å². The van der Waals surface area contributed by atoms with Gasteiger partial charge < -0.3 is 15.0 Å². The van der Waals surface area contributed by atoms with Crippen molar-refractivity contribution >= 4 is 5.91 Å². The smallest absolute Gasteiger partial charge is 0.224 e. The summed E-state index contributed by atoms with van der Waals surface area (Å²) in [4.78, 5) is 16.3. The molecule has 5 heteroatoms. The van der Waals surface area contributed by atoms with Crippen LogP contribution in [0.3, 0.4) is 0 Å². The highest BCUT2D eigenvalue weighted by molar-refractivity contribution is 5.77. The maximum Gasteiger partial charge on any atom is 0.224 e. The molecule has 1 aliphatic rings. The van der Waals surface area contributed by atoms with Crippen molar-refractivity contribution in [3.05, 3.63) is 0 Å². The summed E-state index contributed by atoms with van der Waals surface area (Å²) in [5.41, 5.74) is 0. The van der Waals surface area contributed by atoms with E-state index in [0.29, 0.717) is 6.54 Å². The van der Waals surface area contributed by atoms with Crippen molar-refractivity contribution in [1.29, 1.82) is 0 Å². The number of unbranched alkanes of at least 4 members (excludes halogenated alkanes) is 1. The van der Waals surface area contributed by atoms with Crippen LogP contribution < -0.4 is 5.32 Å². The van der Waals surface area contributed by atoms with Crippen molar-refractivity contribution < 1.29 is 9.53 Å². The molecule has 0 aromatic rings. The second-order valence-electron chi connectivity index (χ2n) is 7.47. The van der Waals surface area contributed by atoms with Gasteiger partial charge in [-0.1, -0.05) is 27.7 Å². The first kappa shape index (κ1) is 20.4. The monoisotopic (exact) mass is 327 g/mol. The van der Waals surface area contributed by atoms with E-state index in [1.165, 1.54) is 12.8 Å². The molecule has 136 valence electrons. The minimum absolute atomic E-state index is 0.0537. The highest BCUT2D eigenvalue weighted by atomic mass is 16.5. The Morgan fingerprint density at radius 1 is 1.30 bits per heavy atom. The molecule has 23 heavy (non-hydrogen) atoms. The van der Waals surface area contributed by atoms with Gasteiger partial charge in [-0.05, 0) is 38.4 Å². The molecule has 0 saturated carbocycles. The lowest BCUT2D eigenvalue weighted by Crippen LogP contribution is -2.48. The van der Waals surface area contributed by atoms with Crippen LogP contribution >= 0.6 is 0 Å². The Kier molecular flexibility index (Phi) is 9.75. The van der Waals surface area contributed by atoms with Crippen LogP contribution in [0.15, 0.2) is 0 Å². The zero-order valence-corrected chi connectivity index (χ0v) is 15.8. The van der Waals surface area contributed by atoms with Crippen LogP contribution in [0.4, 0.5) is 0 Å². The van der Waals surface area contributed by atoms with Gasteiger partial charge in [-0.15, -0.1) is 0 Å². The summed E-state index contributed by atoms with van der Waals surface area (Å²) in [5, 5.41) is 3.49. The van der Waals surface area contributed by atoms with E-state index in [-0.39, 0.29) is 17.9 Å². The van der Waals surface area contributed by atoms with Crippen LogP contribution in [0.1, 0.15) is 40.5 Å². The number of rotatable bonds is 10. The fraction of sp³-hybridized carbons (Fsp3) is 0.944. The maximum atomic E-state index is 12.0. The molecule has 0 radical (unpaired) electrons. The van der Waals surface area contributed by atoms with E-state index >= 15 is 0 Å². The Bertz CT molecular complexity index is 334. The number of likely N-dealkylation sites (N-methyl/N-ethyl adjacent to an activating group) is 1. The predicted molar refractivity (Wildman–Crippen MR) is 95.6 cm³/mol. The van der Waals surface area contributed by atoms with E-state index in [0.717, 1.165) is 45.2 Å². The van der Waals surface area contributed by atoms with Gasteiger partial charge in [0.1, 0.15) is 0 Å². The molecule has 1 fully saturated rings. The van der Waals surface area contributed by atoms with Crippen molar-refractivity contribution in [2.45, 2.75) is 46.6 Å². The van der Waals surface area contributed by atoms with E-state index in [9.17, 15) is 4.79 Å². The third kappa shape index (κ3) is 8.68. The molecule has 0 aliphatic carbocycles. The topological polar surface area (TPSA) is 44.8 Å². The van der Waals surface area contributed by atoms with Gasteiger partial charge in [0.25, 0.3) is 0 Å². The highest BCUT2D eigenvalue weighted by Gasteiger charge is 2.23. The molecule has 0 spiro atoms. The number of carbonyl (C=O) groups is 1. The van der Waals surface area contributed by atoms with Crippen LogP contribution in [0.2, 0.25) is 0 Å². The molecule has 1 heterocycles. The number of ether oxygens (including phenoxy) is 1. The third-order valence-corrected chi connectivity index (χ3v) is 4.20. The summed E-state index contributed by atoms with van der Waals surface area (Å²) < 4.78 is 5.83. The zero-order valence-electron chi connectivity index (χ0n) is 15.8. The molecule has 1 atom stereocenters. The third-order valence-electron chi connectivity index (χ3n) is 4.20. The normalized spacial score (nSPS) is 19.5. The van der Waals surface area contributed by atoms with Crippen LogP contribution in [0.25, 0.3) is 0 Å². The van der Waals surface area contributed by atoms with Gasteiger partial charge in [0.15, 0.2) is 0 Å². The Morgan fingerprint density at radius 2 is 2.04 bits per heavy atom. The van der Waals surface area contributed by atoms with Crippen LogP contribution in [-0.2, 0) is 9.53 Å². The first-order valence-corrected chi connectivity index (χ1v) is 9.19. The van der Waals surface area contributed by atoms with Crippen molar-refractivity contribution in [3.8, 4) is 0 Å². The number of hydrogen-bond donors (Lipinski definition) is 1. The number of hydrogen-bond acceptors (Lipinski definition) is 4. The van der Waals surface area contributed by atoms with Crippen molar-refractivity contribution in [2.75, 3.05) is 52.9 Å². The van der Waals surface area contributed by atoms with Crippen molar-refractivity contribution in [2.24, 2.45) is 11.8 Å². The van der Waals surface area contributed by atoms with Gasteiger partial charge >= 0.3 is 0 Å². The average molecular weight is 328 g/mol. The number of morpholine rings is 1. The Labute approximate surface area is 142 Å². The van der Waals surface area contributed by atoms with E-state index in [1.807, 2.05) is 25.8 Å². The first-order valence-electron chi connectivity index (χ1n) is 9.19. The molecule has 0 aromatic carbocycles.